The summed E-state index contributed by atoms with van der Waals surface area (Å²) in [6, 6.07) is 43.0. The molecule has 5 aromatic carbocycles. The molecule has 0 amide bonds. The Morgan fingerprint density at radius 2 is 1.11 bits per heavy atom. The molecule has 35 heavy (non-hydrogen) atoms. The molecule has 6 aromatic rings. The molecule has 1 aromatic heterocycles. The van der Waals surface area contributed by atoms with E-state index in [0.29, 0.717) is 0 Å². The Morgan fingerprint density at radius 3 is 1.74 bits per heavy atom. The van der Waals surface area contributed by atoms with E-state index in [1.54, 1.807) is 0 Å². The summed E-state index contributed by atoms with van der Waals surface area (Å²) in [5.74, 6) is 0. The lowest BCUT2D eigenvalue weighted by Crippen LogP contribution is -1.96. The maximum Gasteiger partial charge on any atom is 0.0541 e. The van der Waals surface area contributed by atoms with Crippen molar-refractivity contribution >= 4 is 65.3 Å². The monoisotopic (exact) mass is 577 g/mol. The summed E-state index contributed by atoms with van der Waals surface area (Å²) < 4.78 is 4.52. The highest BCUT2D eigenvalue weighted by atomic mass is 79.9. The van der Waals surface area contributed by atoms with Crippen LogP contribution in [0.1, 0.15) is 16.7 Å². The lowest BCUT2D eigenvalue weighted by atomic mass is 9.95. The van der Waals surface area contributed by atoms with Gasteiger partial charge in [-0.1, -0.05) is 105 Å². The summed E-state index contributed by atoms with van der Waals surface area (Å²) >= 11 is 7.32. The highest BCUT2D eigenvalue weighted by Crippen LogP contribution is 2.36. The zero-order valence-electron chi connectivity index (χ0n) is 18.8. The number of fused-ring (bicyclic) bond motifs is 3. The van der Waals surface area contributed by atoms with Crippen LogP contribution in [0.5, 0.6) is 0 Å². The third-order valence-corrected chi connectivity index (χ3v) is 7.29. The summed E-state index contributed by atoms with van der Waals surface area (Å²) in [5.41, 5.74) is 8.28. The van der Waals surface area contributed by atoms with Crippen molar-refractivity contribution in [2.75, 3.05) is 0 Å². The molecule has 0 atom stereocenters. The largest absolute Gasteiger partial charge is 0.309 e. The van der Waals surface area contributed by atoms with E-state index < -0.39 is 0 Å². The fraction of sp³-hybridized carbons (Fsp3) is 0. The van der Waals surface area contributed by atoms with E-state index in [1.165, 1.54) is 44.1 Å². The van der Waals surface area contributed by atoms with Gasteiger partial charge in [0, 0.05) is 25.4 Å². The van der Waals surface area contributed by atoms with Gasteiger partial charge in [0.1, 0.15) is 0 Å². The Hall–Kier alpha value is -3.40. The van der Waals surface area contributed by atoms with Gasteiger partial charge in [-0.05, 0) is 76.9 Å². The van der Waals surface area contributed by atoms with Crippen molar-refractivity contribution in [3.8, 4) is 5.69 Å². The summed E-state index contributed by atoms with van der Waals surface area (Å²) in [4.78, 5) is 0. The van der Waals surface area contributed by atoms with Crippen LogP contribution < -0.4 is 0 Å². The van der Waals surface area contributed by atoms with E-state index in [4.69, 9.17) is 0 Å². The molecule has 0 spiro atoms. The van der Waals surface area contributed by atoms with Crippen LogP contribution in [0.15, 0.2) is 130 Å². The first-order valence-electron chi connectivity index (χ1n) is 11.5. The molecule has 3 heteroatoms. The Bertz CT molecular complexity index is 1640. The molecule has 0 aliphatic heterocycles. The van der Waals surface area contributed by atoms with Gasteiger partial charge in [-0.3, -0.25) is 0 Å². The first-order chi connectivity index (χ1) is 17.2. The fourth-order valence-corrected chi connectivity index (χ4v) is 5.45. The zero-order chi connectivity index (χ0) is 23.8. The maximum atomic E-state index is 3.66. The molecule has 168 valence electrons. The molecule has 0 saturated carbocycles. The Labute approximate surface area is 221 Å². The second kappa shape index (κ2) is 9.33. The normalized spacial score (nSPS) is 11.9. The minimum Gasteiger partial charge on any atom is -0.309 e. The quantitative estimate of drug-likeness (QED) is 0.183. The molecule has 0 bridgehead atoms. The molecule has 0 radical (unpaired) electrons. The van der Waals surface area contributed by atoms with Crippen LogP contribution in [0, 0.1) is 0 Å². The van der Waals surface area contributed by atoms with Crippen LogP contribution in [-0.2, 0) is 0 Å². The van der Waals surface area contributed by atoms with E-state index >= 15 is 0 Å². The molecule has 0 unspecified atom stereocenters. The number of halogens is 2. The van der Waals surface area contributed by atoms with E-state index in [2.05, 4.69) is 164 Å². The van der Waals surface area contributed by atoms with Crippen LogP contribution in [-0.4, -0.2) is 4.57 Å². The average Bonchev–Trinajstić information content (AvgIpc) is 3.21. The van der Waals surface area contributed by atoms with Gasteiger partial charge >= 0.3 is 0 Å². The summed E-state index contributed by atoms with van der Waals surface area (Å²) in [5, 5.41) is 2.45. The summed E-state index contributed by atoms with van der Waals surface area (Å²) in [6.45, 7) is 0. The second-order valence-corrected chi connectivity index (χ2v) is 10.4. The number of nitrogens with zero attached hydrogens (tertiary/aromatic N) is 1. The zero-order valence-corrected chi connectivity index (χ0v) is 22.0. The van der Waals surface area contributed by atoms with Gasteiger partial charge in [-0.2, -0.15) is 0 Å². The van der Waals surface area contributed by atoms with Crippen molar-refractivity contribution in [2.24, 2.45) is 0 Å². The number of hydrogen-bond acceptors (Lipinski definition) is 0. The SMILES string of the molecule is Brc1ccc2c(c1)c1cc(Br)ccc1n2-c1cccc(/C(=C/c2ccccc2)c2ccccc2)c1. The van der Waals surface area contributed by atoms with Crippen molar-refractivity contribution in [1.82, 2.24) is 4.57 Å². The molecular formula is C32H21Br2N. The smallest absolute Gasteiger partial charge is 0.0541 e. The second-order valence-electron chi connectivity index (χ2n) is 8.54. The molecule has 0 N–H and O–H groups in total. The topological polar surface area (TPSA) is 4.93 Å². The Balaban J connectivity index is 1.59. The Kier molecular flexibility index (Phi) is 5.89. The van der Waals surface area contributed by atoms with Crippen LogP contribution in [0.25, 0.3) is 39.1 Å². The molecule has 0 saturated heterocycles. The highest BCUT2D eigenvalue weighted by molar-refractivity contribution is 9.10. The predicted molar refractivity (Wildman–Crippen MR) is 156 cm³/mol. The van der Waals surface area contributed by atoms with E-state index in [0.717, 1.165) is 14.6 Å². The first kappa shape index (κ1) is 22.1. The van der Waals surface area contributed by atoms with E-state index in [9.17, 15) is 0 Å². The van der Waals surface area contributed by atoms with Crippen molar-refractivity contribution in [1.29, 1.82) is 0 Å². The maximum absolute atomic E-state index is 3.66. The number of rotatable bonds is 4. The van der Waals surface area contributed by atoms with Crippen LogP contribution in [0.3, 0.4) is 0 Å². The van der Waals surface area contributed by atoms with Crippen molar-refractivity contribution in [3.05, 3.63) is 147 Å². The van der Waals surface area contributed by atoms with Gasteiger partial charge in [0.25, 0.3) is 0 Å². The standard InChI is InChI=1S/C32H21Br2N/c33-25-14-16-31-29(20-25)30-21-26(34)15-17-32(30)35(31)27-13-7-12-24(19-27)28(23-10-5-2-6-11-23)18-22-8-3-1-4-9-22/h1-21H/b28-18+. The van der Waals surface area contributed by atoms with Crippen LogP contribution >= 0.6 is 31.9 Å². The molecule has 0 fully saturated rings. The van der Waals surface area contributed by atoms with E-state index in [-0.39, 0.29) is 0 Å². The van der Waals surface area contributed by atoms with Gasteiger partial charge in [0.2, 0.25) is 0 Å². The predicted octanol–water partition coefficient (Wildman–Crippen LogP) is 9.90. The minimum absolute atomic E-state index is 1.08. The minimum atomic E-state index is 1.08. The molecular weight excluding hydrogens is 558 g/mol. The first-order valence-corrected chi connectivity index (χ1v) is 13.1. The van der Waals surface area contributed by atoms with Crippen molar-refractivity contribution in [3.63, 3.8) is 0 Å². The molecule has 1 nitrogen and oxygen atoms in total. The highest BCUT2D eigenvalue weighted by Gasteiger charge is 2.14. The van der Waals surface area contributed by atoms with Crippen LogP contribution in [0.2, 0.25) is 0 Å². The number of aromatic nitrogens is 1. The molecule has 6 rings (SSSR count). The lowest BCUT2D eigenvalue weighted by Gasteiger charge is -2.13. The average molecular weight is 579 g/mol. The third-order valence-electron chi connectivity index (χ3n) is 6.30. The molecule has 0 aliphatic rings. The lowest BCUT2D eigenvalue weighted by molar-refractivity contribution is 1.18. The fourth-order valence-electron chi connectivity index (χ4n) is 4.73. The Morgan fingerprint density at radius 1 is 0.543 bits per heavy atom. The van der Waals surface area contributed by atoms with Gasteiger partial charge in [-0.25, -0.2) is 0 Å². The molecule has 1 heterocycles. The summed E-state index contributed by atoms with van der Waals surface area (Å²) in [6.07, 6.45) is 2.27. The molecule has 0 aliphatic carbocycles. The van der Waals surface area contributed by atoms with Crippen molar-refractivity contribution < 1.29 is 0 Å². The van der Waals surface area contributed by atoms with Gasteiger partial charge < -0.3 is 4.57 Å². The summed E-state index contributed by atoms with van der Waals surface area (Å²) in [7, 11) is 0. The van der Waals surface area contributed by atoms with Gasteiger partial charge in [0.05, 0.1) is 11.0 Å². The van der Waals surface area contributed by atoms with Crippen LogP contribution in [0.4, 0.5) is 0 Å². The van der Waals surface area contributed by atoms with E-state index in [1.807, 2.05) is 0 Å². The van der Waals surface area contributed by atoms with Gasteiger partial charge in [0.15, 0.2) is 0 Å². The number of benzene rings is 5. The van der Waals surface area contributed by atoms with Gasteiger partial charge in [-0.15, -0.1) is 0 Å². The van der Waals surface area contributed by atoms with Crippen molar-refractivity contribution in [2.45, 2.75) is 0 Å². The number of hydrogen-bond donors (Lipinski definition) is 0. The third kappa shape index (κ3) is 4.27.